The molecule has 1 aromatic heterocycles. The molecule has 0 atom stereocenters. The van der Waals surface area contributed by atoms with Crippen LogP contribution in [0.15, 0.2) is 54.7 Å². The zero-order valence-electron chi connectivity index (χ0n) is 16.4. The molecule has 0 spiro atoms. The van der Waals surface area contributed by atoms with E-state index in [1.165, 1.54) is 0 Å². The molecule has 1 N–H and O–H groups in total. The van der Waals surface area contributed by atoms with Gasteiger partial charge in [0.25, 0.3) is 5.91 Å². The molecule has 0 aliphatic carbocycles. The van der Waals surface area contributed by atoms with Crippen LogP contribution in [0, 0.1) is 6.92 Å². The lowest BCUT2D eigenvalue weighted by atomic mass is 10.0. The van der Waals surface area contributed by atoms with Gasteiger partial charge in [-0.05, 0) is 55.0 Å². The summed E-state index contributed by atoms with van der Waals surface area (Å²) in [4.78, 5) is 27.2. The molecule has 2 aromatic carbocycles. The largest absolute Gasteiger partial charge is 0.349 e. The van der Waals surface area contributed by atoms with E-state index in [-0.39, 0.29) is 17.9 Å². The number of amides is 2. The number of nitrogens with one attached hydrogen (secondary N) is 1. The van der Waals surface area contributed by atoms with Gasteiger partial charge < -0.3 is 14.8 Å². The van der Waals surface area contributed by atoms with Gasteiger partial charge in [-0.2, -0.15) is 0 Å². The fraction of sp³-hybridized carbons (Fsp3) is 0.304. The molecule has 1 aliphatic rings. The van der Waals surface area contributed by atoms with E-state index in [4.69, 9.17) is 11.6 Å². The number of halogens is 1. The van der Waals surface area contributed by atoms with Crippen LogP contribution in [0.2, 0.25) is 5.02 Å². The Morgan fingerprint density at radius 2 is 1.86 bits per heavy atom. The maximum absolute atomic E-state index is 12.8. The van der Waals surface area contributed by atoms with Gasteiger partial charge in [-0.3, -0.25) is 9.59 Å². The molecule has 2 amide bonds. The number of fused-ring (bicyclic) bond motifs is 1. The number of hydrogen-bond donors (Lipinski definition) is 1. The average Bonchev–Trinajstić information content (AvgIpc) is 3.10. The summed E-state index contributed by atoms with van der Waals surface area (Å²) in [6.45, 7) is 3.54. The Kier molecular flexibility index (Phi) is 5.58. The van der Waals surface area contributed by atoms with Crippen molar-refractivity contribution in [2.45, 2.75) is 32.4 Å². The molecule has 6 heteroatoms. The number of aryl methyl sites for hydroxylation is 1. The predicted octanol–water partition coefficient (Wildman–Crippen LogP) is 4.02. The van der Waals surface area contributed by atoms with Crippen molar-refractivity contribution in [2.24, 2.45) is 0 Å². The van der Waals surface area contributed by atoms with Crippen LogP contribution < -0.4 is 5.32 Å². The third-order valence-electron chi connectivity index (χ3n) is 5.61. The third kappa shape index (κ3) is 4.30. The summed E-state index contributed by atoms with van der Waals surface area (Å²) in [6, 6.07) is 15.4. The van der Waals surface area contributed by atoms with Gasteiger partial charge in [0.05, 0.1) is 0 Å². The number of benzene rings is 2. The highest BCUT2D eigenvalue weighted by molar-refractivity contribution is 6.31. The lowest BCUT2D eigenvalue weighted by Crippen LogP contribution is -2.47. The van der Waals surface area contributed by atoms with Crippen LogP contribution >= 0.6 is 11.6 Å². The number of nitrogens with zero attached hydrogens (tertiary/aromatic N) is 2. The third-order valence-corrected chi connectivity index (χ3v) is 5.85. The number of hydrogen-bond acceptors (Lipinski definition) is 2. The normalized spacial score (nSPS) is 14.9. The Bertz CT molecular complexity index is 1050. The zero-order chi connectivity index (χ0) is 20.4. The molecule has 0 radical (unpaired) electrons. The smallest absolute Gasteiger partial charge is 0.251 e. The maximum atomic E-state index is 12.8. The van der Waals surface area contributed by atoms with E-state index in [0.29, 0.717) is 30.2 Å². The second-order valence-corrected chi connectivity index (χ2v) is 8.03. The highest BCUT2D eigenvalue weighted by Crippen LogP contribution is 2.21. The van der Waals surface area contributed by atoms with Gasteiger partial charge in [0, 0.05) is 41.4 Å². The first-order chi connectivity index (χ1) is 14.0. The molecule has 1 aliphatic heterocycles. The van der Waals surface area contributed by atoms with Gasteiger partial charge in [0.2, 0.25) is 5.91 Å². The zero-order valence-corrected chi connectivity index (χ0v) is 17.2. The van der Waals surface area contributed by atoms with E-state index < -0.39 is 0 Å². The van der Waals surface area contributed by atoms with Crippen LogP contribution in [0.5, 0.6) is 0 Å². The van der Waals surface area contributed by atoms with Crippen molar-refractivity contribution in [3.05, 3.63) is 70.9 Å². The van der Waals surface area contributed by atoms with Crippen LogP contribution in [0.1, 0.15) is 28.8 Å². The predicted molar refractivity (Wildman–Crippen MR) is 115 cm³/mol. The van der Waals surface area contributed by atoms with Gasteiger partial charge in [-0.25, -0.2) is 0 Å². The molecule has 0 saturated carbocycles. The molecule has 0 bridgehead atoms. The second-order valence-electron chi connectivity index (χ2n) is 7.59. The van der Waals surface area contributed by atoms with Gasteiger partial charge >= 0.3 is 0 Å². The Morgan fingerprint density at radius 1 is 1.10 bits per heavy atom. The average molecular weight is 410 g/mol. The molecule has 1 saturated heterocycles. The SMILES string of the molecule is Cc1ccccc1C(=O)NC1CCN(C(=O)Cn2ccc3ccc(Cl)cc32)CC1. The highest BCUT2D eigenvalue weighted by atomic mass is 35.5. The summed E-state index contributed by atoms with van der Waals surface area (Å²) in [5.41, 5.74) is 2.65. The van der Waals surface area contributed by atoms with Gasteiger partial charge in [-0.1, -0.05) is 35.9 Å². The summed E-state index contributed by atoms with van der Waals surface area (Å²) in [5, 5.41) is 4.85. The minimum atomic E-state index is -0.0384. The number of piperidine rings is 1. The van der Waals surface area contributed by atoms with E-state index in [1.807, 2.05) is 71.1 Å². The molecule has 29 heavy (non-hydrogen) atoms. The van der Waals surface area contributed by atoms with Crippen molar-refractivity contribution in [1.82, 2.24) is 14.8 Å². The van der Waals surface area contributed by atoms with E-state index in [0.717, 1.165) is 29.3 Å². The Labute approximate surface area is 175 Å². The molecule has 5 nitrogen and oxygen atoms in total. The van der Waals surface area contributed by atoms with Crippen molar-refractivity contribution >= 4 is 34.3 Å². The quantitative estimate of drug-likeness (QED) is 0.707. The molecule has 150 valence electrons. The number of likely N-dealkylation sites (tertiary alicyclic amines) is 1. The van der Waals surface area contributed by atoms with Crippen LogP contribution in [-0.4, -0.2) is 40.4 Å². The second kappa shape index (κ2) is 8.29. The fourth-order valence-corrected chi connectivity index (χ4v) is 4.07. The van der Waals surface area contributed by atoms with Crippen molar-refractivity contribution in [3.63, 3.8) is 0 Å². The lowest BCUT2D eigenvalue weighted by molar-refractivity contribution is -0.132. The highest BCUT2D eigenvalue weighted by Gasteiger charge is 2.24. The number of rotatable bonds is 4. The molecule has 0 unspecified atom stereocenters. The minimum Gasteiger partial charge on any atom is -0.349 e. The first-order valence-corrected chi connectivity index (χ1v) is 10.3. The van der Waals surface area contributed by atoms with E-state index in [2.05, 4.69) is 5.32 Å². The molecule has 4 rings (SSSR count). The molecule has 3 aromatic rings. The van der Waals surface area contributed by atoms with E-state index in [9.17, 15) is 9.59 Å². The number of carbonyl (C=O) groups is 2. The van der Waals surface area contributed by atoms with E-state index in [1.54, 1.807) is 0 Å². The van der Waals surface area contributed by atoms with Gasteiger partial charge in [0.1, 0.15) is 6.54 Å². The van der Waals surface area contributed by atoms with Crippen molar-refractivity contribution in [2.75, 3.05) is 13.1 Å². The standard InChI is InChI=1S/C23H24ClN3O2/c1-16-4-2-3-5-20(16)23(29)25-19-9-12-26(13-10-19)22(28)15-27-11-8-17-6-7-18(24)14-21(17)27/h2-8,11,14,19H,9-10,12-13,15H2,1H3,(H,25,29). The maximum Gasteiger partial charge on any atom is 0.251 e. The van der Waals surface area contributed by atoms with E-state index >= 15 is 0 Å². The molecule has 2 heterocycles. The first-order valence-electron chi connectivity index (χ1n) is 9.90. The molecular formula is C23H24ClN3O2. The number of carbonyl (C=O) groups excluding carboxylic acids is 2. The number of aromatic nitrogens is 1. The van der Waals surface area contributed by atoms with Gasteiger partial charge in [0.15, 0.2) is 0 Å². The summed E-state index contributed by atoms with van der Waals surface area (Å²) < 4.78 is 1.94. The monoisotopic (exact) mass is 409 g/mol. The molecule has 1 fully saturated rings. The van der Waals surface area contributed by atoms with Crippen molar-refractivity contribution in [1.29, 1.82) is 0 Å². The fourth-order valence-electron chi connectivity index (χ4n) is 3.90. The Morgan fingerprint density at radius 3 is 2.62 bits per heavy atom. The Balaban J connectivity index is 1.33. The molecular weight excluding hydrogens is 386 g/mol. The summed E-state index contributed by atoms with van der Waals surface area (Å²) in [5.74, 6) is 0.0507. The van der Waals surface area contributed by atoms with Crippen LogP contribution in [-0.2, 0) is 11.3 Å². The van der Waals surface area contributed by atoms with Crippen LogP contribution in [0.4, 0.5) is 0 Å². The topological polar surface area (TPSA) is 54.3 Å². The van der Waals surface area contributed by atoms with Crippen molar-refractivity contribution in [3.8, 4) is 0 Å². The summed E-state index contributed by atoms with van der Waals surface area (Å²) >= 11 is 6.10. The summed E-state index contributed by atoms with van der Waals surface area (Å²) in [7, 11) is 0. The minimum absolute atomic E-state index is 0.0384. The first kappa shape index (κ1) is 19.5. The van der Waals surface area contributed by atoms with Crippen LogP contribution in [0.25, 0.3) is 10.9 Å². The Hall–Kier alpha value is -2.79. The van der Waals surface area contributed by atoms with Gasteiger partial charge in [-0.15, -0.1) is 0 Å². The van der Waals surface area contributed by atoms with Crippen LogP contribution in [0.3, 0.4) is 0 Å². The summed E-state index contributed by atoms with van der Waals surface area (Å²) in [6.07, 6.45) is 3.46. The van der Waals surface area contributed by atoms with Crippen molar-refractivity contribution < 1.29 is 9.59 Å². The lowest BCUT2D eigenvalue weighted by Gasteiger charge is -2.32.